The number of carbonyl (C=O) groups is 3. The second kappa shape index (κ2) is 14.9. The molecule has 13 nitrogen and oxygen atoms in total. The van der Waals surface area contributed by atoms with Crippen molar-refractivity contribution in [3.63, 3.8) is 0 Å². The number of allylic oxidation sites excluding steroid dienone is 4. The number of Topliss-reactive ketones (excluding diaryl/α,β-unsaturated/α-hetero) is 2. The van der Waals surface area contributed by atoms with Crippen molar-refractivity contribution in [1.29, 1.82) is 0 Å². The topological polar surface area (TPSA) is 161 Å². The van der Waals surface area contributed by atoms with Crippen LogP contribution in [0, 0.1) is 17.8 Å². The first-order chi connectivity index (χ1) is 27.1. The smallest absolute Gasteiger partial charge is 0.482 e. The van der Waals surface area contributed by atoms with Gasteiger partial charge >= 0.3 is 13.8 Å². The predicted octanol–water partition coefficient (Wildman–Crippen LogP) is 6.40. The zero-order valence-electron chi connectivity index (χ0n) is 35.5. The number of methoxy groups -OCH3 is 1. The van der Waals surface area contributed by atoms with Crippen LogP contribution < -0.4 is 14.0 Å². The number of hydrogen-bond donors (Lipinski definition) is 2. The summed E-state index contributed by atoms with van der Waals surface area (Å²) in [6.07, 6.45) is 11.3. The molecular formula is C44H59N2O11P. The molecule has 3 aliphatic carbocycles. The van der Waals surface area contributed by atoms with Crippen molar-refractivity contribution < 1.29 is 52.2 Å². The average molecular weight is 823 g/mol. The van der Waals surface area contributed by atoms with Gasteiger partial charge in [-0.1, -0.05) is 29.4 Å². The van der Waals surface area contributed by atoms with E-state index in [4.69, 9.17) is 23.5 Å². The van der Waals surface area contributed by atoms with Crippen LogP contribution in [0.5, 0.6) is 17.2 Å². The lowest BCUT2D eigenvalue weighted by molar-refractivity contribution is -0.214. The molecule has 1 aromatic rings. The number of phosphoric acid groups is 1. The second-order valence-corrected chi connectivity index (χ2v) is 19.5. The lowest BCUT2D eigenvalue weighted by atomic mass is 9.44. The molecule has 5 fully saturated rings. The highest BCUT2D eigenvalue weighted by atomic mass is 31.2. The third-order valence-electron chi connectivity index (χ3n) is 13.4. The fourth-order valence-corrected chi connectivity index (χ4v) is 11.1. The molecule has 7 atom stereocenters. The van der Waals surface area contributed by atoms with E-state index in [2.05, 4.69) is 15.9 Å². The van der Waals surface area contributed by atoms with E-state index in [0.717, 1.165) is 24.2 Å². The van der Waals surface area contributed by atoms with E-state index in [9.17, 15) is 19.1 Å². The van der Waals surface area contributed by atoms with Crippen LogP contribution in [0.1, 0.15) is 103 Å². The Morgan fingerprint density at radius 3 is 2.28 bits per heavy atom. The van der Waals surface area contributed by atoms with Gasteiger partial charge in [-0.25, -0.2) is 9.36 Å². The standard InChI is InChI=1S/C44H59N2O11P/c1-25(2)12-11-17-42(8)18-16-29-36(54-42)28(14-13-26(3)4)37-32(38(29)56-58(50,51)52)35(47)33-34(46-22-20-45(9)21-23-46)30-24-31-41(6,7)57-43(39(30)48,44(31,33)55-37)19-15-27(5)40(49)53-10/h12-13,15-16,18,30-31,33-34H,11,14,17,19-24H2,1-10H3,(H2,50,51,52). The molecule has 4 aliphatic heterocycles. The Labute approximate surface area is 341 Å². The fraction of sp³-hybridized carbons (Fsp3) is 0.614. The number of carbonyl (C=O) groups excluding carboxylic acids is 3. The van der Waals surface area contributed by atoms with Gasteiger partial charge in [-0.3, -0.25) is 24.3 Å². The summed E-state index contributed by atoms with van der Waals surface area (Å²) in [4.78, 5) is 69.5. The lowest BCUT2D eigenvalue weighted by Gasteiger charge is -2.65. The number of nitrogens with zero attached hydrogens (tertiary/aromatic N) is 2. The van der Waals surface area contributed by atoms with Crippen molar-refractivity contribution in [3.05, 3.63) is 57.7 Å². The highest BCUT2D eigenvalue weighted by molar-refractivity contribution is 7.46. The number of piperazine rings is 1. The highest BCUT2D eigenvalue weighted by Crippen LogP contribution is 2.71. The number of likely N-dealkylation sites (N-methyl/N-ethyl adjacent to an activating group) is 1. The number of rotatable bonds is 11. The summed E-state index contributed by atoms with van der Waals surface area (Å²) in [7, 11) is -1.94. The molecule has 0 amide bonds. The second-order valence-electron chi connectivity index (χ2n) is 18.3. The van der Waals surface area contributed by atoms with Gasteiger partial charge in [0.15, 0.2) is 28.5 Å². The van der Waals surface area contributed by atoms with E-state index in [1.807, 2.05) is 67.7 Å². The molecule has 0 aromatic heterocycles. The number of fused-ring (bicyclic) bond motifs is 2. The van der Waals surface area contributed by atoms with Crippen LogP contribution in [-0.4, -0.2) is 106 Å². The Morgan fingerprint density at radius 2 is 1.66 bits per heavy atom. The molecular weight excluding hydrogens is 763 g/mol. The van der Waals surface area contributed by atoms with Crippen LogP contribution >= 0.6 is 7.82 Å². The van der Waals surface area contributed by atoms with Gasteiger partial charge in [-0.2, -0.15) is 0 Å². The first-order valence-electron chi connectivity index (χ1n) is 20.4. The number of esters is 1. The molecule has 1 spiro atoms. The van der Waals surface area contributed by atoms with Crippen LogP contribution in [0.4, 0.5) is 0 Å². The van der Waals surface area contributed by atoms with Crippen LogP contribution in [0.3, 0.4) is 0 Å². The fourth-order valence-electron chi connectivity index (χ4n) is 10.7. The summed E-state index contributed by atoms with van der Waals surface area (Å²) >= 11 is 0. The monoisotopic (exact) mass is 822 g/mol. The Balaban J connectivity index is 1.54. The van der Waals surface area contributed by atoms with Crippen LogP contribution in [0.15, 0.2) is 41.0 Å². The molecule has 1 aromatic carbocycles. The van der Waals surface area contributed by atoms with Gasteiger partial charge in [-0.15, -0.1) is 0 Å². The van der Waals surface area contributed by atoms with Gasteiger partial charge in [0.25, 0.3) is 0 Å². The highest BCUT2D eigenvalue weighted by Gasteiger charge is 2.86. The molecule has 4 heterocycles. The summed E-state index contributed by atoms with van der Waals surface area (Å²) in [5, 5.41) is 0. The van der Waals surface area contributed by atoms with Crippen molar-refractivity contribution in [2.75, 3.05) is 40.3 Å². The Hall–Kier alpha value is -3.58. The van der Waals surface area contributed by atoms with Gasteiger partial charge in [0.1, 0.15) is 22.7 Å². The van der Waals surface area contributed by atoms with Gasteiger partial charge in [-0.05, 0) is 100 Å². The van der Waals surface area contributed by atoms with Gasteiger partial charge in [0.2, 0.25) is 0 Å². The molecule has 3 saturated carbocycles. The van der Waals surface area contributed by atoms with E-state index in [-0.39, 0.29) is 46.8 Å². The molecule has 14 heteroatoms. The van der Waals surface area contributed by atoms with Crippen molar-refractivity contribution in [1.82, 2.24) is 9.80 Å². The largest absolute Gasteiger partial charge is 0.524 e. The van der Waals surface area contributed by atoms with E-state index in [1.54, 1.807) is 19.1 Å². The van der Waals surface area contributed by atoms with Crippen molar-refractivity contribution in [3.8, 4) is 17.2 Å². The maximum absolute atomic E-state index is 16.0. The number of ketones is 2. The molecule has 4 bridgehead atoms. The predicted molar refractivity (Wildman–Crippen MR) is 218 cm³/mol. The van der Waals surface area contributed by atoms with E-state index in [0.29, 0.717) is 43.7 Å². The zero-order valence-corrected chi connectivity index (χ0v) is 36.4. The first kappa shape index (κ1) is 42.5. The number of benzene rings is 1. The molecule has 58 heavy (non-hydrogen) atoms. The molecule has 7 aliphatic rings. The Bertz CT molecular complexity index is 2080. The quantitative estimate of drug-likeness (QED) is 0.109. The summed E-state index contributed by atoms with van der Waals surface area (Å²) in [6.45, 7) is 18.0. The van der Waals surface area contributed by atoms with Crippen LogP contribution in [0.2, 0.25) is 0 Å². The molecule has 2 saturated heterocycles. The maximum atomic E-state index is 16.0. The minimum absolute atomic E-state index is 0.0560. The Morgan fingerprint density at radius 1 is 0.983 bits per heavy atom. The maximum Gasteiger partial charge on any atom is 0.524 e. The SMILES string of the molecule is COC(=O)C(C)=CCC12OC(C)(C)C3CC(C1=O)C(N1CCN(C)CC1)C1C(=O)c4c(OP(=O)(O)O)c5c(c(CC=C(C)C)c4OC132)OC(C)(CCC=C(C)C)C=C5. The third-order valence-corrected chi connectivity index (χ3v) is 13.8. The first-order valence-corrected chi connectivity index (χ1v) is 21.9. The van der Waals surface area contributed by atoms with Crippen LogP contribution in [0.25, 0.3) is 6.08 Å². The van der Waals surface area contributed by atoms with Crippen molar-refractivity contribution in [2.24, 2.45) is 17.8 Å². The summed E-state index contributed by atoms with van der Waals surface area (Å²) in [5.41, 5.74) is -1.97. The van der Waals surface area contributed by atoms with E-state index in [1.165, 1.54) is 7.11 Å². The zero-order chi connectivity index (χ0) is 42.3. The molecule has 2 N–H and O–H groups in total. The van der Waals surface area contributed by atoms with Crippen molar-refractivity contribution >= 4 is 31.4 Å². The van der Waals surface area contributed by atoms with Crippen LogP contribution in [-0.2, 0) is 30.0 Å². The third kappa shape index (κ3) is 6.83. The Kier molecular flexibility index (Phi) is 10.9. The number of hydrogen-bond acceptors (Lipinski definition) is 11. The summed E-state index contributed by atoms with van der Waals surface area (Å²) in [5.74, 6) is -3.21. The van der Waals surface area contributed by atoms with E-state index < -0.39 is 65.8 Å². The minimum atomic E-state index is -5.27. The summed E-state index contributed by atoms with van der Waals surface area (Å²) < 4.78 is 45.0. The average Bonchev–Trinajstić information content (AvgIpc) is 3.28. The minimum Gasteiger partial charge on any atom is -0.482 e. The van der Waals surface area contributed by atoms with Gasteiger partial charge < -0.3 is 28.4 Å². The molecule has 316 valence electrons. The van der Waals surface area contributed by atoms with Gasteiger partial charge in [0.05, 0.1) is 24.2 Å². The molecule has 7 unspecified atom stereocenters. The van der Waals surface area contributed by atoms with E-state index >= 15 is 9.59 Å². The molecule has 0 radical (unpaired) electrons. The molecule has 8 rings (SSSR count). The lowest BCUT2D eigenvalue weighted by Crippen LogP contribution is -2.82. The van der Waals surface area contributed by atoms with Crippen molar-refractivity contribution in [2.45, 2.75) is 116 Å². The number of ether oxygens (including phenoxy) is 4. The number of phosphoric ester groups is 1. The van der Waals surface area contributed by atoms with Gasteiger partial charge in [0, 0.05) is 61.6 Å². The normalized spacial score (nSPS) is 32.4. The summed E-state index contributed by atoms with van der Waals surface area (Å²) in [6, 6.07) is -0.597.